The fraction of sp³-hybridized carbons (Fsp3) is 0.368. The normalized spacial score (nSPS) is 25.7. The Bertz CT molecular complexity index is 927. The van der Waals surface area contributed by atoms with Crippen molar-refractivity contribution in [3.8, 4) is 0 Å². The summed E-state index contributed by atoms with van der Waals surface area (Å²) < 4.78 is 11.3. The third-order valence-corrected chi connectivity index (χ3v) is 4.85. The molecule has 0 spiro atoms. The molecule has 0 amide bonds. The maximum absolute atomic E-state index is 11.4. The highest BCUT2D eigenvalue weighted by atomic mass is 16.7. The maximum Gasteiger partial charge on any atom is 0.299 e. The van der Waals surface area contributed by atoms with E-state index in [2.05, 4.69) is 5.32 Å². The third kappa shape index (κ3) is 5.13. The molecule has 3 rings (SSSR count). The molecule has 0 aromatic heterocycles. The van der Waals surface area contributed by atoms with Crippen LogP contribution >= 0.6 is 0 Å². The smallest absolute Gasteiger partial charge is 0.299 e. The molecule has 5 atom stereocenters. The number of nitro benzene ring substituents is 2. The van der Waals surface area contributed by atoms with Gasteiger partial charge in [-0.05, 0) is 11.6 Å². The van der Waals surface area contributed by atoms with E-state index in [0.717, 1.165) is 23.8 Å². The van der Waals surface area contributed by atoms with E-state index in [4.69, 9.17) is 9.47 Å². The molecule has 4 N–H and O–H groups in total. The van der Waals surface area contributed by atoms with Crippen LogP contribution in [0, 0.1) is 20.2 Å². The summed E-state index contributed by atoms with van der Waals surface area (Å²) in [5.74, 6) is 0. The van der Waals surface area contributed by atoms with Crippen LogP contribution in [0.2, 0.25) is 0 Å². The molecule has 1 saturated heterocycles. The van der Waals surface area contributed by atoms with Crippen molar-refractivity contribution in [2.75, 3.05) is 11.9 Å². The van der Waals surface area contributed by atoms with Crippen LogP contribution in [0.3, 0.4) is 0 Å². The van der Waals surface area contributed by atoms with Crippen molar-refractivity contribution in [3.63, 3.8) is 0 Å². The molecule has 12 nitrogen and oxygen atoms in total. The second-order valence-electron chi connectivity index (χ2n) is 6.89. The summed E-state index contributed by atoms with van der Waals surface area (Å²) in [7, 11) is 0. The number of aliphatic hydroxyl groups excluding tert-OH is 3. The molecule has 1 heterocycles. The average Bonchev–Trinajstić information content (AvgIpc) is 2.77. The fourth-order valence-corrected chi connectivity index (χ4v) is 3.22. The van der Waals surface area contributed by atoms with Crippen LogP contribution in [0.25, 0.3) is 0 Å². The van der Waals surface area contributed by atoms with Gasteiger partial charge >= 0.3 is 0 Å². The quantitative estimate of drug-likeness (QED) is 0.344. The molecule has 166 valence electrons. The van der Waals surface area contributed by atoms with Gasteiger partial charge in [-0.15, -0.1) is 0 Å². The van der Waals surface area contributed by atoms with E-state index in [1.807, 2.05) is 6.07 Å². The molecule has 1 aliphatic rings. The van der Waals surface area contributed by atoms with Gasteiger partial charge in [0.2, 0.25) is 0 Å². The molecule has 0 radical (unpaired) electrons. The highest BCUT2D eigenvalue weighted by Gasteiger charge is 2.45. The minimum Gasteiger partial charge on any atom is -0.394 e. The van der Waals surface area contributed by atoms with Crippen LogP contribution in [0.1, 0.15) is 5.56 Å². The van der Waals surface area contributed by atoms with Gasteiger partial charge in [-0.2, -0.15) is 0 Å². The molecule has 0 saturated carbocycles. The van der Waals surface area contributed by atoms with E-state index in [1.54, 1.807) is 24.3 Å². The molecule has 0 bridgehead atoms. The van der Waals surface area contributed by atoms with Gasteiger partial charge in [-0.1, -0.05) is 30.3 Å². The molecule has 1 aliphatic heterocycles. The summed E-state index contributed by atoms with van der Waals surface area (Å²) in [5.41, 5.74) is -0.421. The minimum atomic E-state index is -1.53. The third-order valence-electron chi connectivity index (χ3n) is 4.85. The second kappa shape index (κ2) is 9.76. The first-order valence-electron chi connectivity index (χ1n) is 9.29. The first-order chi connectivity index (χ1) is 14.8. The summed E-state index contributed by atoms with van der Waals surface area (Å²) in [6.45, 7) is -0.527. The zero-order chi connectivity index (χ0) is 22.5. The van der Waals surface area contributed by atoms with Gasteiger partial charge in [0.05, 0.1) is 29.1 Å². The largest absolute Gasteiger partial charge is 0.394 e. The number of hydrogen-bond acceptors (Lipinski definition) is 10. The lowest BCUT2D eigenvalue weighted by molar-refractivity contribution is -0.393. The molecule has 5 unspecified atom stereocenters. The predicted octanol–water partition coefficient (Wildman–Crippen LogP) is 0.939. The molecular formula is C19H21N3O9. The van der Waals surface area contributed by atoms with Crippen molar-refractivity contribution in [1.29, 1.82) is 0 Å². The summed E-state index contributed by atoms with van der Waals surface area (Å²) in [5, 5.41) is 55.3. The van der Waals surface area contributed by atoms with Crippen LogP contribution in [-0.2, 0) is 16.1 Å². The van der Waals surface area contributed by atoms with E-state index in [0.29, 0.717) is 0 Å². The predicted molar refractivity (Wildman–Crippen MR) is 106 cm³/mol. The van der Waals surface area contributed by atoms with Crippen molar-refractivity contribution in [1.82, 2.24) is 0 Å². The minimum absolute atomic E-state index is 0.0625. The average molecular weight is 435 g/mol. The summed E-state index contributed by atoms with van der Waals surface area (Å²) in [6.07, 6.45) is -5.37. The Hall–Kier alpha value is -3.16. The lowest BCUT2D eigenvalue weighted by Gasteiger charge is -2.42. The van der Waals surface area contributed by atoms with E-state index >= 15 is 0 Å². The number of anilines is 1. The number of rotatable bonds is 8. The van der Waals surface area contributed by atoms with Crippen molar-refractivity contribution in [2.24, 2.45) is 0 Å². The fourth-order valence-electron chi connectivity index (χ4n) is 3.22. The van der Waals surface area contributed by atoms with E-state index in [-0.39, 0.29) is 12.3 Å². The van der Waals surface area contributed by atoms with Crippen LogP contribution in [0.5, 0.6) is 0 Å². The molecule has 2 aromatic rings. The van der Waals surface area contributed by atoms with Crippen LogP contribution in [0.15, 0.2) is 48.5 Å². The molecule has 1 fully saturated rings. The number of nitrogens with zero attached hydrogens (tertiary/aromatic N) is 2. The molecular weight excluding hydrogens is 414 g/mol. The standard InChI is InChI=1S/C19H21N3O9/c23-9-15-17(24)18(25)16(19(31-15)30-10-11-4-2-1-3-5-11)20-13-7-6-12(21(26)27)8-14(13)22(28)29/h1-8,15-20,23-25H,9-10H2. The number of ether oxygens (including phenoxy) is 2. The molecule has 2 aromatic carbocycles. The Balaban J connectivity index is 1.87. The van der Waals surface area contributed by atoms with Gasteiger partial charge in [-0.25, -0.2) is 0 Å². The topological polar surface area (TPSA) is 177 Å². The van der Waals surface area contributed by atoms with Gasteiger partial charge < -0.3 is 30.1 Å². The van der Waals surface area contributed by atoms with Gasteiger partial charge in [-0.3, -0.25) is 20.2 Å². The van der Waals surface area contributed by atoms with Crippen LogP contribution in [0.4, 0.5) is 17.1 Å². The van der Waals surface area contributed by atoms with Crippen molar-refractivity contribution in [3.05, 3.63) is 74.3 Å². The van der Waals surface area contributed by atoms with Crippen LogP contribution in [-0.4, -0.2) is 62.4 Å². The van der Waals surface area contributed by atoms with Crippen molar-refractivity contribution < 1.29 is 34.6 Å². The van der Waals surface area contributed by atoms with Gasteiger partial charge in [0, 0.05) is 6.07 Å². The zero-order valence-corrected chi connectivity index (χ0v) is 16.1. The number of nitro groups is 2. The lowest BCUT2D eigenvalue weighted by atomic mass is 9.96. The number of hydrogen-bond donors (Lipinski definition) is 4. The van der Waals surface area contributed by atoms with Gasteiger partial charge in [0.1, 0.15) is 30.0 Å². The van der Waals surface area contributed by atoms with Crippen molar-refractivity contribution in [2.45, 2.75) is 37.3 Å². The maximum atomic E-state index is 11.4. The van der Waals surface area contributed by atoms with Crippen molar-refractivity contribution >= 4 is 17.1 Å². The summed E-state index contributed by atoms with van der Waals surface area (Å²) in [4.78, 5) is 20.8. The first-order valence-corrected chi connectivity index (χ1v) is 9.29. The molecule has 12 heteroatoms. The Morgan fingerprint density at radius 1 is 1.03 bits per heavy atom. The van der Waals surface area contributed by atoms with E-state index < -0.39 is 58.5 Å². The monoisotopic (exact) mass is 435 g/mol. The Kier molecular flexibility index (Phi) is 7.09. The number of nitrogens with one attached hydrogen (secondary N) is 1. The number of aliphatic hydroxyl groups is 3. The summed E-state index contributed by atoms with van der Waals surface area (Å²) >= 11 is 0. The summed E-state index contributed by atoms with van der Waals surface area (Å²) in [6, 6.07) is 10.8. The number of benzene rings is 2. The van der Waals surface area contributed by atoms with Gasteiger partial charge in [0.15, 0.2) is 6.29 Å². The Morgan fingerprint density at radius 2 is 1.74 bits per heavy atom. The number of non-ortho nitro benzene ring substituents is 1. The molecule has 0 aliphatic carbocycles. The SMILES string of the molecule is O=[N+]([O-])c1ccc(NC2C(OCc3ccccc3)OC(CO)C(O)C2O)c([N+](=O)[O-])c1. The van der Waals surface area contributed by atoms with E-state index in [1.165, 1.54) is 0 Å². The highest BCUT2D eigenvalue weighted by molar-refractivity contribution is 5.65. The highest BCUT2D eigenvalue weighted by Crippen LogP contribution is 2.32. The zero-order valence-electron chi connectivity index (χ0n) is 16.1. The van der Waals surface area contributed by atoms with Crippen LogP contribution < -0.4 is 5.32 Å². The Labute approximate surface area is 176 Å². The molecule has 31 heavy (non-hydrogen) atoms. The van der Waals surface area contributed by atoms with Gasteiger partial charge in [0.25, 0.3) is 11.4 Å². The lowest BCUT2D eigenvalue weighted by Crippen LogP contribution is -2.61. The first kappa shape index (κ1) is 22.5. The van der Waals surface area contributed by atoms with E-state index in [9.17, 15) is 35.5 Å². The Morgan fingerprint density at radius 3 is 2.35 bits per heavy atom. The second-order valence-corrected chi connectivity index (χ2v) is 6.89.